The van der Waals surface area contributed by atoms with E-state index in [1.165, 1.54) is 6.20 Å². The molecule has 0 aliphatic carbocycles. The van der Waals surface area contributed by atoms with Gasteiger partial charge in [-0.1, -0.05) is 35.9 Å². The number of nitrogens with one attached hydrogen (secondary N) is 3. The van der Waals surface area contributed by atoms with Gasteiger partial charge >= 0.3 is 0 Å². The van der Waals surface area contributed by atoms with E-state index < -0.39 is 0 Å². The Morgan fingerprint density at radius 1 is 1.12 bits per heavy atom. The molecule has 3 N–H and O–H groups in total. The number of rotatable bonds is 5. The van der Waals surface area contributed by atoms with E-state index in [1.807, 2.05) is 36.4 Å². The van der Waals surface area contributed by atoms with Crippen molar-refractivity contribution in [3.63, 3.8) is 0 Å². The predicted octanol–water partition coefficient (Wildman–Crippen LogP) is 3.58. The molecule has 6 nitrogen and oxygen atoms in total. The first kappa shape index (κ1) is 16.4. The number of fused-ring (bicyclic) bond motifs is 1. The van der Waals surface area contributed by atoms with Crippen LogP contribution >= 0.6 is 11.6 Å². The maximum Gasteiger partial charge on any atom is 0.255 e. The second kappa shape index (κ2) is 7.01. The first-order valence-electron chi connectivity index (χ1n) is 8.22. The van der Waals surface area contributed by atoms with Crippen LogP contribution in [-0.2, 0) is 6.42 Å². The van der Waals surface area contributed by atoms with Gasteiger partial charge in [0.2, 0.25) is 0 Å². The number of imidazole rings is 1. The number of para-hydroxylation sites is 2. The number of hydrogen-bond donors (Lipinski definition) is 3. The van der Waals surface area contributed by atoms with Gasteiger partial charge in [0.25, 0.3) is 5.91 Å². The van der Waals surface area contributed by atoms with E-state index in [0.717, 1.165) is 22.4 Å². The number of carbonyl (C=O) groups excluding carboxylic acids is 1. The molecule has 7 heteroatoms. The molecule has 0 radical (unpaired) electrons. The molecule has 1 amide bonds. The highest BCUT2D eigenvalue weighted by molar-refractivity contribution is 6.30. The van der Waals surface area contributed by atoms with Crippen LogP contribution in [0.2, 0.25) is 5.02 Å². The fraction of sp³-hybridized carbons (Fsp3) is 0.105. The zero-order valence-electron chi connectivity index (χ0n) is 13.8. The molecule has 0 saturated heterocycles. The van der Waals surface area contributed by atoms with Crippen molar-refractivity contribution in [3.8, 4) is 11.3 Å². The standard InChI is InChI=1S/C19H16ClN5O/c20-13-7-5-12(6-8-13)18-14(11-22-25-18)19(26)21-10-9-17-23-15-3-1-2-4-16(15)24-17/h1-8,11H,9-10H2,(H,21,26)(H,22,25)(H,23,24). The zero-order chi connectivity index (χ0) is 17.9. The van der Waals surface area contributed by atoms with Crippen LogP contribution in [0.25, 0.3) is 22.3 Å². The lowest BCUT2D eigenvalue weighted by Crippen LogP contribution is -2.26. The van der Waals surface area contributed by atoms with Crippen molar-refractivity contribution >= 4 is 28.5 Å². The van der Waals surface area contributed by atoms with E-state index in [9.17, 15) is 4.79 Å². The van der Waals surface area contributed by atoms with E-state index in [1.54, 1.807) is 12.1 Å². The molecule has 0 saturated carbocycles. The van der Waals surface area contributed by atoms with Crippen LogP contribution in [-0.4, -0.2) is 32.6 Å². The zero-order valence-corrected chi connectivity index (χ0v) is 14.5. The highest BCUT2D eigenvalue weighted by atomic mass is 35.5. The third-order valence-electron chi connectivity index (χ3n) is 4.10. The highest BCUT2D eigenvalue weighted by Gasteiger charge is 2.15. The van der Waals surface area contributed by atoms with Crippen LogP contribution in [0.4, 0.5) is 0 Å². The van der Waals surface area contributed by atoms with Crippen molar-refractivity contribution in [2.75, 3.05) is 6.54 Å². The van der Waals surface area contributed by atoms with Crippen molar-refractivity contribution in [2.24, 2.45) is 0 Å². The van der Waals surface area contributed by atoms with Crippen LogP contribution in [0.15, 0.2) is 54.7 Å². The predicted molar refractivity (Wildman–Crippen MR) is 101 cm³/mol. The summed E-state index contributed by atoms with van der Waals surface area (Å²) in [6.45, 7) is 0.476. The van der Waals surface area contributed by atoms with E-state index in [0.29, 0.717) is 29.2 Å². The van der Waals surface area contributed by atoms with Crippen molar-refractivity contribution in [1.29, 1.82) is 0 Å². The molecule has 26 heavy (non-hydrogen) atoms. The molecule has 0 atom stereocenters. The highest BCUT2D eigenvalue weighted by Crippen LogP contribution is 2.22. The minimum atomic E-state index is -0.181. The number of hydrogen-bond acceptors (Lipinski definition) is 3. The maximum atomic E-state index is 12.5. The third-order valence-corrected chi connectivity index (χ3v) is 4.35. The average Bonchev–Trinajstić information content (AvgIpc) is 3.29. The minimum Gasteiger partial charge on any atom is -0.351 e. The lowest BCUT2D eigenvalue weighted by atomic mass is 10.1. The maximum absolute atomic E-state index is 12.5. The second-order valence-corrected chi connectivity index (χ2v) is 6.31. The summed E-state index contributed by atoms with van der Waals surface area (Å²) in [5.41, 5.74) is 3.94. The smallest absolute Gasteiger partial charge is 0.255 e. The van der Waals surface area contributed by atoms with Gasteiger partial charge in [0.15, 0.2) is 0 Å². The Morgan fingerprint density at radius 3 is 2.73 bits per heavy atom. The summed E-state index contributed by atoms with van der Waals surface area (Å²) in [5.74, 6) is 0.663. The van der Waals surface area contributed by atoms with E-state index in [-0.39, 0.29) is 5.91 Å². The average molecular weight is 366 g/mol. The van der Waals surface area contributed by atoms with Crippen LogP contribution in [0.3, 0.4) is 0 Å². The van der Waals surface area contributed by atoms with Crippen molar-refractivity contribution < 1.29 is 4.79 Å². The van der Waals surface area contributed by atoms with Crippen molar-refractivity contribution in [2.45, 2.75) is 6.42 Å². The van der Waals surface area contributed by atoms with Gasteiger partial charge in [0, 0.05) is 23.6 Å². The molecule has 130 valence electrons. The summed E-state index contributed by atoms with van der Waals surface area (Å²) in [6, 6.07) is 15.1. The molecule has 0 unspecified atom stereocenters. The number of H-pyrrole nitrogens is 2. The molecule has 2 aromatic carbocycles. The summed E-state index contributed by atoms with van der Waals surface area (Å²) in [4.78, 5) is 20.3. The van der Waals surface area contributed by atoms with E-state index in [4.69, 9.17) is 11.6 Å². The summed E-state index contributed by atoms with van der Waals surface area (Å²) in [5, 5.41) is 10.4. The molecule has 2 aromatic heterocycles. The van der Waals surface area contributed by atoms with Gasteiger partial charge in [0.1, 0.15) is 5.82 Å². The number of benzene rings is 2. The number of halogens is 1. The molecule has 4 rings (SSSR count). The van der Waals surface area contributed by atoms with Gasteiger partial charge in [-0.2, -0.15) is 5.10 Å². The number of carbonyl (C=O) groups is 1. The molecule has 0 bridgehead atoms. The first-order chi connectivity index (χ1) is 12.7. The number of aromatic amines is 2. The van der Waals surface area contributed by atoms with Crippen molar-refractivity contribution in [3.05, 3.63) is 71.1 Å². The van der Waals surface area contributed by atoms with Gasteiger partial charge in [-0.25, -0.2) is 4.98 Å². The first-order valence-corrected chi connectivity index (χ1v) is 8.59. The Kier molecular flexibility index (Phi) is 4.41. The fourth-order valence-electron chi connectivity index (χ4n) is 2.81. The normalized spacial score (nSPS) is 11.0. The van der Waals surface area contributed by atoms with Crippen molar-refractivity contribution in [1.82, 2.24) is 25.5 Å². The monoisotopic (exact) mass is 365 g/mol. The largest absolute Gasteiger partial charge is 0.351 e. The van der Waals surface area contributed by atoms with Crippen LogP contribution in [0.1, 0.15) is 16.2 Å². The van der Waals surface area contributed by atoms with Gasteiger partial charge < -0.3 is 10.3 Å². The molecule has 4 aromatic rings. The fourth-order valence-corrected chi connectivity index (χ4v) is 2.93. The topological polar surface area (TPSA) is 86.5 Å². The summed E-state index contributed by atoms with van der Waals surface area (Å²) in [7, 11) is 0. The van der Waals surface area contributed by atoms with Gasteiger partial charge in [-0.15, -0.1) is 0 Å². The summed E-state index contributed by atoms with van der Waals surface area (Å²) < 4.78 is 0. The Labute approximate surface area is 154 Å². The molecule has 0 fully saturated rings. The molecular formula is C19H16ClN5O. The lowest BCUT2D eigenvalue weighted by molar-refractivity contribution is 0.0954. The summed E-state index contributed by atoms with van der Waals surface area (Å²) >= 11 is 5.92. The van der Waals surface area contributed by atoms with Crippen LogP contribution in [0.5, 0.6) is 0 Å². The Morgan fingerprint density at radius 2 is 1.92 bits per heavy atom. The molecule has 0 aliphatic rings. The Balaban J connectivity index is 1.42. The second-order valence-electron chi connectivity index (χ2n) is 5.87. The molecule has 2 heterocycles. The third kappa shape index (κ3) is 3.32. The van der Waals surface area contributed by atoms with Crippen LogP contribution < -0.4 is 5.32 Å². The van der Waals surface area contributed by atoms with Gasteiger partial charge in [-0.3, -0.25) is 9.89 Å². The quantitative estimate of drug-likeness (QED) is 0.505. The Hall–Kier alpha value is -3.12. The van der Waals surface area contributed by atoms with E-state index in [2.05, 4.69) is 25.5 Å². The number of aromatic nitrogens is 4. The van der Waals surface area contributed by atoms with Gasteiger partial charge in [0.05, 0.1) is 28.5 Å². The SMILES string of the molecule is O=C(NCCc1nc2ccccc2[nH]1)c1cn[nH]c1-c1ccc(Cl)cc1. The molecule has 0 spiro atoms. The van der Waals surface area contributed by atoms with Crippen LogP contribution in [0, 0.1) is 0 Å². The minimum absolute atomic E-state index is 0.181. The van der Waals surface area contributed by atoms with Gasteiger partial charge in [-0.05, 0) is 24.3 Å². The lowest BCUT2D eigenvalue weighted by Gasteiger charge is -2.05. The summed E-state index contributed by atoms with van der Waals surface area (Å²) in [6.07, 6.45) is 2.15. The molecular weight excluding hydrogens is 350 g/mol. The number of nitrogens with zero attached hydrogens (tertiary/aromatic N) is 2. The number of amides is 1. The van der Waals surface area contributed by atoms with E-state index >= 15 is 0 Å². The molecule has 0 aliphatic heterocycles. The Bertz CT molecular complexity index is 1020.